The molecule has 12 N–H and O–H groups in total. The van der Waals surface area contributed by atoms with E-state index in [1.807, 2.05) is 0 Å². The summed E-state index contributed by atoms with van der Waals surface area (Å²) in [7, 11) is 0. The van der Waals surface area contributed by atoms with E-state index in [9.17, 15) is 20.4 Å². The molecule has 2 rings (SSSR count). The van der Waals surface area contributed by atoms with Gasteiger partial charge in [0, 0.05) is 18.6 Å². The monoisotopic (exact) mass is 358 g/mol. The largest absolute Gasteiger partial charge is 0.389 e. The maximum Gasteiger partial charge on any atom is 0.176 e. The summed E-state index contributed by atoms with van der Waals surface area (Å²) < 4.78 is 11.0. The van der Waals surface area contributed by atoms with Gasteiger partial charge in [0.1, 0.15) is 30.5 Å². The Morgan fingerprint density at radius 3 is 2.09 bits per heavy atom. The van der Waals surface area contributed by atoms with Crippen LogP contribution in [0, 0.1) is 0 Å². The van der Waals surface area contributed by atoms with Crippen LogP contribution in [0.3, 0.4) is 0 Å². The Bertz CT molecular complexity index is 381. The predicted octanol–water partition coefficient (Wildman–Crippen LogP) is -4.69. The molecule has 1 saturated carbocycles. The van der Waals surface area contributed by atoms with Crippen LogP contribution in [0.1, 0.15) is 6.42 Å². The number of aliphatic hydroxyl groups is 4. The van der Waals surface area contributed by atoms with Crippen LogP contribution in [0.2, 0.25) is 0 Å². The zero-order chi connectivity index (χ0) is 16.6. The van der Waals surface area contributed by atoms with Gasteiger partial charge in [0.05, 0.1) is 12.1 Å². The van der Waals surface area contributed by atoms with Crippen molar-refractivity contribution in [1.29, 1.82) is 0 Å². The Balaban J connectivity index is 0.00000264. The highest BCUT2D eigenvalue weighted by Gasteiger charge is 2.47. The fraction of sp³-hybridized carbons (Fsp3) is 1.00. The van der Waals surface area contributed by atoms with E-state index in [2.05, 4.69) is 0 Å². The van der Waals surface area contributed by atoms with E-state index in [1.165, 1.54) is 0 Å². The molecule has 1 saturated heterocycles. The quantitative estimate of drug-likeness (QED) is 0.242. The standard InChI is InChI=1S/C12H26N4O6.ClH/c13-2-5-8(18)9(19)6(16)12(21-5)22-11-4(15)1-3(14)7(17)10(11)20;/h3-12,17-20H,1-2,13-16H2;1H/t3?,4?,5-,6+,7+,8+,9+,10-,11-,12?;/m1./s1. The molecule has 0 aromatic carbocycles. The van der Waals surface area contributed by atoms with Crippen LogP contribution >= 0.6 is 12.4 Å². The Hall–Kier alpha value is -0.110. The molecule has 0 bridgehead atoms. The second-order valence-electron chi connectivity index (χ2n) is 5.98. The topological polar surface area (TPSA) is 203 Å². The molecular formula is C12H27ClN4O6. The smallest absolute Gasteiger partial charge is 0.176 e. The Morgan fingerprint density at radius 2 is 1.52 bits per heavy atom. The van der Waals surface area contributed by atoms with Gasteiger partial charge in [-0.15, -0.1) is 12.4 Å². The van der Waals surface area contributed by atoms with Crippen molar-refractivity contribution in [3.05, 3.63) is 0 Å². The summed E-state index contributed by atoms with van der Waals surface area (Å²) in [5.74, 6) is 0. The van der Waals surface area contributed by atoms with Crippen LogP contribution in [-0.4, -0.2) is 88.0 Å². The summed E-state index contributed by atoms with van der Waals surface area (Å²) in [6, 6.07) is -2.34. The van der Waals surface area contributed by atoms with E-state index in [1.54, 1.807) is 0 Å². The molecule has 0 aromatic rings. The Labute approximate surface area is 140 Å². The van der Waals surface area contributed by atoms with Crippen LogP contribution < -0.4 is 22.9 Å². The highest BCUT2D eigenvalue weighted by Crippen LogP contribution is 2.26. The van der Waals surface area contributed by atoms with Crippen molar-refractivity contribution in [2.45, 2.75) is 67.5 Å². The molecule has 23 heavy (non-hydrogen) atoms. The second kappa shape index (κ2) is 8.32. The molecule has 3 unspecified atom stereocenters. The first-order valence-electron chi connectivity index (χ1n) is 7.28. The minimum absolute atomic E-state index is 0. The molecule has 1 heterocycles. The third-order valence-electron chi connectivity index (χ3n) is 4.36. The van der Waals surface area contributed by atoms with Crippen molar-refractivity contribution >= 4 is 12.4 Å². The lowest BCUT2D eigenvalue weighted by molar-refractivity contribution is -0.287. The van der Waals surface area contributed by atoms with Crippen molar-refractivity contribution in [3.8, 4) is 0 Å². The molecule has 0 spiro atoms. The Morgan fingerprint density at radius 1 is 0.913 bits per heavy atom. The van der Waals surface area contributed by atoms with Gasteiger partial charge in [0.25, 0.3) is 0 Å². The van der Waals surface area contributed by atoms with Crippen molar-refractivity contribution in [1.82, 2.24) is 0 Å². The summed E-state index contributed by atoms with van der Waals surface area (Å²) in [4.78, 5) is 0. The van der Waals surface area contributed by atoms with E-state index < -0.39 is 61.0 Å². The van der Waals surface area contributed by atoms with Gasteiger partial charge < -0.3 is 52.8 Å². The summed E-state index contributed by atoms with van der Waals surface area (Å²) in [6.45, 7) is -0.0441. The molecule has 2 aliphatic rings. The lowest BCUT2D eigenvalue weighted by Gasteiger charge is -2.45. The van der Waals surface area contributed by atoms with Gasteiger partial charge in [-0.3, -0.25) is 0 Å². The Kier molecular flexibility index (Phi) is 7.57. The van der Waals surface area contributed by atoms with Gasteiger partial charge in [-0.05, 0) is 6.42 Å². The van der Waals surface area contributed by atoms with E-state index in [0.29, 0.717) is 0 Å². The normalized spacial score (nSPS) is 51.1. The summed E-state index contributed by atoms with van der Waals surface area (Å²) in [5, 5.41) is 39.6. The van der Waals surface area contributed by atoms with Gasteiger partial charge >= 0.3 is 0 Å². The van der Waals surface area contributed by atoms with E-state index in [4.69, 9.17) is 32.4 Å². The van der Waals surface area contributed by atoms with Crippen molar-refractivity contribution in [2.24, 2.45) is 22.9 Å². The fourth-order valence-corrected chi connectivity index (χ4v) is 2.89. The minimum Gasteiger partial charge on any atom is -0.389 e. The number of aliphatic hydroxyl groups excluding tert-OH is 4. The zero-order valence-electron chi connectivity index (χ0n) is 12.5. The maximum absolute atomic E-state index is 10.1. The fourth-order valence-electron chi connectivity index (χ4n) is 2.89. The third kappa shape index (κ3) is 4.11. The van der Waals surface area contributed by atoms with E-state index in [0.717, 1.165) is 0 Å². The molecule has 1 aliphatic heterocycles. The molecule has 0 radical (unpaired) electrons. The van der Waals surface area contributed by atoms with Crippen LogP contribution in [0.4, 0.5) is 0 Å². The van der Waals surface area contributed by atoms with Gasteiger partial charge in [-0.1, -0.05) is 0 Å². The third-order valence-corrected chi connectivity index (χ3v) is 4.36. The van der Waals surface area contributed by atoms with Crippen LogP contribution in [-0.2, 0) is 9.47 Å². The first-order chi connectivity index (χ1) is 10.3. The summed E-state index contributed by atoms with van der Waals surface area (Å²) in [5.41, 5.74) is 22.8. The van der Waals surface area contributed by atoms with Crippen molar-refractivity contribution < 1.29 is 29.9 Å². The van der Waals surface area contributed by atoms with E-state index >= 15 is 0 Å². The number of halogens is 1. The van der Waals surface area contributed by atoms with Gasteiger partial charge in [0.2, 0.25) is 0 Å². The van der Waals surface area contributed by atoms with Crippen molar-refractivity contribution in [3.63, 3.8) is 0 Å². The average molecular weight is 359 g/mol. The zero-order valence-corrected chi connectivity index (χ0v) is 13.3. The first-order valence-corrected chi connectivity index (χ1v) is 7.28. The molecule has 0 amide bonds. The average Bonchev–Trinajstić information content (AvgIpc) is 2.49. The van der Waals surface area contributed by atoms with Gasteiger partial charge in [0.15, 0.2) is 6.29 Å². The molecule has 11 heteroatoms. The van der Waals surface area contributed by atoms with Crippen LogP contribution in [0.15, 0.2) is 0 Å². The molecule has 10 atom stereocenters. The number of rotatable bonds is 3. The first kappa shape index (κ1) is 20.9. The molecule has 0 aromatic heterocycles. The molecule has 138 valence electrons. The number of hydrogen-bond acceptors (Lipinski definition) is 10. The van der Waals surface area contributed by atoms with Crippen LogP contribution in [0.5, 0.6) is 0 Å². The second-order valence-corrected chi connectivity index (χ2v) is 5.98. The maximum atomic E-state index is 10.1. The molecule has 1 aliphatic carbocycles. The van der Waals surface area contributed by atoms with Crippen LogP contribution in [0.25, 0.3) is 0 Å². The molecule has 10 nitrogen and oxygen atoms in total. The highest BCUT2D eigenvalue weighted by molar-refractivity contribution is 5.85. The van der Waals surface area contributed by atoms with Gasteiger partial charge in [-0.2, -0.15) is 0 Å². The number of hydrogen-bond donors (Lipinski definition) is 8. The number of ether oxygens (including phenoxy) is 2. The van der Waals surface area contributed by atoms with E-state index in [-0.39, 0.29) is 25.4 Å². The van der Waals surface area contributed by atoms with Gasteiger partial charge in [-0.25, -0.2) is 0 Å². The SMILES string of the molecule is Cl.NC[C@H]1OC(O[C@@H]2C(N)CC(N)[C@H](O)[C@H]2O)[C@@H](N)[C@H](O)[C@H]1O. The highest BCUT2D eigenvalue weighted by atomic mass is 35.5. The summed E-state index contributed by atoms with van der Waals surface area (Å²) in [6.07, 6.45) is -7.73. The number of nitrogens with two attached hydrogens (primary N) is 4. The summed E-state index contributed by atoms with van der Waals surface area (Å²) >= 11 is 0. The molecular weight excluding hydrogens is 332 g/mol. The molecule has 2 fully saturated rings. The van der Waals surface area contributed by atoms with Crippen molar-refractivity contribution in [2.75, 3.05) is 6.54 Å². The predicted molar refractivity (Wildman–Crippen MR) is 82.4 cm³/mol. The minimum atomic E-state index is -1.31. The lowest BCUT2D eigenvalue weighted by Crippen LogP contribution is -2.67. The lowest BCUT2D eigenvalue weighted by atomic mass is 9.84.